The second-order valence-electron chi connectivity index (χ2n) is 4.27. The van der Waals surface area contributed by atoms with E-state index in [1.165, 1.54) is 0 Å². The fourth-order valence-electron chi connectivity index (χ4n) is 0.728. The molecule has 0 aliphatic carbocycles. The van der Waals surface area contributed by atoms with Crippen LogP contribution in [0, 0.1) is 5.41 Å². The molecule has 5 heteroatoms. The van der Waals surface area contributed by atoms with Crippen molar-refractivity contribution in [3.63, 3.8) is 0 Å². The first-order chi connectivity index (χ1) is 5.55. The molecule has 0 spiro atoms. The van der Waals surface area contributed by atoms with E-state index in [1.807, 2.05) is 0 Å². The van der Waals surface area contributed by atoms with Crippen molar-refractivity contribution < 1.29 is 18.3 Å². The van der Waals surface area contributed by atoms with Crippen molar-refractivity contribution in [2.75, 3.05) is 0 Å². The van der Waals surface area contributed by atoms with Gasteiger partial charge in [0.05, 0.1) is 0 Å². The summed E-state index contributed by atoms with van der Waals surface area (Å²) in [6, 6.07) is -0.663. The summed E-state index contributed by atoms with van der Waals surface area (Å²) in [6.07, 6.45) is -7.34. The fourth-order valence-corrected chi connectivity index (χ4v) is 0.728. The van der Waals surface area contributed by atoms with Gasteiger partial charge in [0.2, 0.25) is 0 Å². The zero-order valence-corrected chi connectivity index (χ0v) is 8.02. The second-order valence-corrected chi connectivity index (χ2v) is 4.27. The zero-order chi connectivity index (χ0) is 10.9. The van der Waals surface area contributed by atoms with Gasteiger partial charge in [-0.3, -0.25) is 0 Å². The summed E-state index contributed by atoms with van der Waals surface area (Å²) in [7, 11) is 0. The highest BCUT2D eigenvalue weighted by atomic mass is 19.4. The van der Waals surface area contributed by atoms with Gasteiger partial charge >= 0.3 is 6.18 Å². The highest BCUT2D eigenvalue weighted by Gasteiger charge is 2.40. The van der Waals surface area contributed by atoms with E-state index in [2.05, 4.69) is 0 Å². The molecular formula is C8H16F3NO. The maximum absolute atomic E-state index is 11.9. The standard InChI is InChI=1S/C8H16F3NO/c1-7(2,3)5(12)4-6(13)8(9,10)11/h5-6,13H,4,12H2,1-3H3/t5-,6-/m0/s1. The summed E-state index contributed by atoms with van der Waals surface area (Å²) in [6.45, 7) is 5.21. The van der Waals surface area contributed by atoms with E-state index in [4.69, 9.17) is 10.8 Å². The SMILES string of the molecule is CC(C)(C)[C@@H](N)C[C@H](O)C(F)(F)F. The highest BCUT2D eigenvalue weighted by molar-refractivity contribution is 4.81. The summed E-state index contributed by atoms with van der Waals surface area (Å²) in [5, 5.41) is 8.71. The molecule has 13 heavy (non-hydrogen) atoms. The molecule has 0 aromatic rings. The molecule has 0 radical (unpaired) electrons. The van der Waals surface area contributed by atoms with Crippen LogP contribution in [0.15, 0.2) is 0 Å². The number of hydrogen-bond acceptors (Lipinski definition) is 2. The summed E-state index contributed by atoms with van der Waals surface area (Å²) in [4.78, 5) is 0. The molecule has 2 atom stereocenters. The summed E-state index contributed by atoms with van der Waals surface area (Å²) >= 11 is 0. The molecule has 2 nitrogen and oxygen atoms in total. The number of alkyl halides is 3. The van der Waals surface area contributed by atoms with E-state index in [1.54, 1.807) is 20.8 Å². The van der Waals surface area contributed by atoms with Crippen LogP contribution in [0.25, 0.3) is 0 Å². The van der Waals surface area contributed by atoms with Crippen molar-refractivity contribution in [3.05, 3.63) is 0 Å². The van der Waals surface area contributed by atoms with Gasteiger partial charge in [-0.1, -0.05) is 20.8 Å². The van der Waals surface area contributed by atoms with E-state index in [0.717, 1.165) is 0 Å². The molecule has 0 aliphatic rings. The monoisotopic (exact) mass is 199 g/mol. The first kappa shape index (κ1) is 12.7. The van der Waals surface area contributed by atoms with Gasteiger partial charge in [-0.25, -0.2) is 0 Å². The van der Waals surface area contributed by atoms with Crippen molar-refractivity contribution in [3.8, 4) is 0 Å². The van der Waals surface area contributed by atoms with Crippen molar-refractivity contribution in [2.24, 2.45) is 11.1 Å². The Morgan fingerprint density at radius 1 is 1.23 bits per heavy atom. The number of halogens is 3. The third-order valence-corrected chi connectivity index (χ3v) is 1.97. The van der Waals surface area contributed by atoms with Crippen LogP contribution >= 0.6 is 0 Å². The molecule has 0 amide bonds. The molecule has 80 valence electrons. The summed E-state index contributed by atoms with van der Waals surface area (Å²) in [5.41, 5.74) is 5.06. The average molecular weight is 199 g/mol. The molecule has 0 bridgehead atoms. The molecule has 3 N–H and O–H groups in total. The maximum Gasteiger partial charge on any atom is 0.414 e. The van der Waals surface area contributed by atoms with Crippen molar-refractivity contribution in [2.45, 2.75) is 45.5 Å². The van der Waals surface area contributed by atoms with Crippen molar-refractivity contribution in [1.29, 1.82) is 0 Å². The summed E-state index contributed by atoms with van der Waals surface area (Å²) < 4.78 is 35.7. The average Bonchev–Trinajstić information content (AvgIpc) is 1.82. The van der Waals surface area contributed by atoms with Crippen LogP contribution in [0.4, 0.5) is 13.2 Å². The Hall–Kier alpha value is -0.290. The lowest BCUT2D eigenvalue weighted by atomic mass is 9.84. The first-order valence-electron chi connectivity index (χ1n) is 4.05. The van der Waals surface area contributed by atoms with E-state index >= 15 is 0 Å². The predicted octanol–water partition coefficient (Wildman–Crippen LogP) is 1.67. The molecule has 0 aromatic heterocycles. The summed E-state index contributed by atoms with van der Waals surface area (Å²) in [5.74, 6) is 0. The Labute approximate surface area is 75.9 Å². The quantitative estimate of drug-likeness (QED) is 0.710. The largest absolute Gasteiger partial charge is 0.414 e. The third-order valence-electron chi connectivity index (χ3n) is 1.97. The highest BCUT2D eigenvalue weighted by Crippen LogP contribution is 2.27. The number of hydrogen-bond donors (Lipinski definition) is 2. The van der Waals surface area contributed by atoms with Gasteiger partial charge in [0, 0.05) is 6.04 Å². The van der Waals surface area contributed by atoms with Crippen LogP contribution in [0.3, 0.4) is 0 Å². The minimum atomic E-state index is -4.57. The molecule has 0 heterocycles. The number of rotatable bonds is 2. The van der Waals surface area contributed by atoms with Gasteiger partial charge in [0.25, 0.3) is 0 Å². The lowest BCUT2D eigenvalue weighted by Gasteiger charge is -2.29. The van der Waals surface area contributed by atoms with Gasteiger partial charge in [-0.05, 0) is 11.8 Å². The lowest BCUT2D eigenvalue weighted by molar-refractivity contribution is -0.207. The molecule has 0 saturated heterocycles. The van der Waals surface area contributed by atoms with Gasteiger partial charge in [-0.2, -0.15) is 13.2 Å². The maximum atomic E-state index is 11.9. The van der Waals surface area contributed by atoms with Crippen LogP contribution in [0.1, 0.15) is 27.2 Å². The Kier molecular flexibility index (Phi) is 3.75. The van der Waals surface area contributed by atoms with Crippen LogP contribution in [0.5, 0.6) is 0 Å². The smallest absolute Gasteiger partial charge is 0.384 e. The van der Waals surface area contributed by atoms with Gasteiger partial charge < -0.3 is 10.8 Å². The molecule has 0 fully saturated rings. The molecule has 0 aromatic carbocycles. The topological polar surface area (TPSA) is 46.2 Å². The van der Waals surface area contributed by atoms with Crippen LogP contribution in [-0.2, 0) is 0 Å². The van der Waals surface area contributed by atoms with Crippen molar-refractivity contribution in [1.82, 2.24) is 0 Å². The normalized spacial score (nSPS) is 18.5. The lowest BCUT2D eigenvalue weighted by Crippen LogP contribution is -2.42. The molecule has 0 aliphatic heterocycles. The van der Waals surface area contributed by atoms with Crippen molar-refractivity contribution >= 4 is 0 Å². The minimum Gasteiger partial charge on any atom is -0.384 e. The van der Waals surface area contributed by atoms with Crippen LogP contribution in [0.2, 0.25) is 0 Å². The number of aliphatic hydroxyl groups is 1. The first-order valence-corrected chi connectivity index (χ1v) is 4.05. The third kappa shape index (κ3) is 4.47. The van der Waals surface area contributed by atoms with Crippen LogP contribution in [-0.4, -0.2) is 23.4 Å². The Morgan fingerprint density at radius 3 is 1.85 bits per heavy atom. The molecule has 0 saturated carbocycles. The number of aliphatic hydroxyl groups excluding tert-OH is 1. The number of nitrogens with two attached hydrogens (primary N) is 1. The van der Waals surface area contributed by atoms with Gasteiger partial charge in [-0.15, -0.1) is 0 Å². The van der Waals surface area contributed by atoms with E-state index in [-0.39, 0.29) is 0 Å². The molecule has 0 rings (SSSR count). The van der Waals surface area contributed by atoms with E-state index in [9.17, 15) is 13.2 Å². The Morgan fingerprint density at radius 2 is 1.62 bits per heavy atom. The second kappa shape index (κ2) is 3.84. The Bertz CT molecular complexity index is 144. The van der Waals surface area contributed by atoms with Gasteiger partial charge in [0.15, 0.2) is 6.10 Å². The molecule has 0 unspecified atom stereocenters. The fraction of sp³-hybridized carbons (Fsp3) is 1.00. The minimum absolute atomic E-state index is 0.424. The van der Waals surface area contributed by atoms with Gasteiger partial charge in [0.1, 0.15) is 0 Å². The van der Waals surface area contributed by atoms with Crippen LogP contribution < -0.4 is 5.73 Å². The Balaban J connectivity index is 4.15. The van der Waals surface area contributed by atoms with E-state index < -0.39 is 30.2 Å². The van der Waals surface area contributed by atoms with E-state index in [0.29, 0.717) is 0 Å². The zero-order valence-electron chi connectivity index (χ0n) is 8.02. The predicted molar refractivity (Wildman–Crippen MR) is 44.1 cm³/mol. The molecular weight excluding hydrogens is 183 g/mol.